The normalized spacial score (nSPS) is 23.2. The van der Waals surface area contributed by atoms with Crippen LogP contribution in [0.4, 0.5) is 5.69 Å². The van der Waals surface area contributed by atoms with Gasteiger partial charge >= 0.3 is 14.2 Å². The highest BCUT2D eigenvalue weighted by Gasteiger charge is 2.57. The molecule has 46 heavy (non-hydrogen) atoms. The number of hydrogen-bond donors (Lipinski definition) is 4. The Morgan fingerprint density at radius 1 is 1.11 bits per heavy atom. The van der Waals surface area contributed by atoms with Gasteiger partial charge in [-0.25, -0.2) is 0 Å². The van der Waals surface area contributed by atoms with Gasteiger partial charge in [-0.1, -0.05) is 53.5 Å². The number of nitrogens with zero attached hydrogens (tertiary/aromatic N) is 2. The zero-order chi connectivity index (χ0) is 32.7. The molecule has 3 heterocycles. The molecule has 9 nitrogen and oxygen atoms in total. The first-order valence-electron chi connectivity index (χ1n) is 15.5. The number of benzene rings is 2. The number of carbonyl (C=O) groups excluding carboxylic acids is 2. The summed E-state index contributed by atoms with van der Waals surface area (Å²) in [5, 5.41) is 41.0. The van der Waals surface area contributed by atoms with Crippen LogP contribution in [0.1, 0.15) is 44.4 Å². The second-order valence-electron chi connectivity index (χ2n) is 12.5. The maximum Gasteiger partial charge on any atom is 0.488 e. The second-order valence-corrected chi connectivity index (χ2v) is 13.4. The van der Waals surface area contributed by atoms with Crippen LogP contribution >= 0.6 is 15.9 Å². The summed E-state index contributed by atoms with van der Waals surface area (Å²) in [4.78, 5) is 33.7. The van der Waals surface area contributed by atoms with Crippen molar-refractivity contribution < 1.29 is 34.4 Å². The van der Waals surface area contributed by atoms with Gasteiger partial charge in [-0.15, -0.1) is 0 Å². The van der Waals surface area contributed by atoms with Gasteiger partial charge in [-0.05, 0) is 103 Å². The monoisotopic (exact) mass is 684 g/mol. The molecule has 2 aromatic carbocycles. The number of phenols is 1. The quantitative estimate of drug-likeness (QED) is 0.157. The Balaban J connectivity index is 1.34. The van der Waals surface area contributed by atoms with Crippen molar-refractivity contribution in [2.24, 2.45) is 23.7 Å². The molecule has 0 unspecified atom stereocenters. The van der Waals surface area contributed by atoms with E-state index >= 15 is 0 Å². The zero-order valence-electron chi connectivity index (χ0n) is 25.6. The molecule has 2 aliphatic heterocycles. The lowest BCUT2D eigenvalue weighted by Crippen LogP contribution is -2.46. The van der Waals surface area contributed by atoms with Crippen LogP contribution in [0.25, 0.3) is 11.6 Å². The number of phenolic OH excluding ortho intramolecular Hbond substituents is 1. The van der Waals surface area contributed by atoms with Crippen LogP contribution in [-0.4, -0.2) is 57.3 Å². The number of imide groups is 1. The Labute approximate surface area is 277 Å². The minimum absolute atomic E-state index is 0.0778. The SMILES string of the molecule is CC(C)C1=C2[C@@H](CC/C(=C/c3cc(Br)ccc3O)c3ccccn3)OB(O)C[C@@H]2[C@@H]2C(=O)N(c3cccc(B(O)O)c3)C(=O)[C@@H]2C1. The van der Waals surface area contributed by atoms with E-state index in [-0.39, 0.29) is 35.3 Å². The summed E-state index contributed by atoms with van der Waals surface area (Å²) in [5.41, 5.74) is 4.79. The Morgan fingerprint density at radius 2 is 1.91 bits per heavy atom. The van der Waals surface area contributed by atoms with Gasteiger partial charge in [0.15, 0.2) is 0 Å². The highest BCUT2D eigenvalue weighted by molar-refractivity contribution is 9.10. The summed E-state index contributed by atoms with van der Waals surface area (Å²) >= 11 is 3.48. The van der Waals surface area contributed by atoms with Crippen molar-refractivity contribution in [2.45, 2.75) is 45.5 Å². The number of anilines is 1. The highest BCUT2D eigenvalue weighted by Crippen LogP contribution is 2.52. The van der Waals surface area contributed by atoms with Gasteiger partial charge in [0.25, 0.3) is 0 Å². The van der Waals surface area contributed by atoms with Crippen molar-refractivity contribution in [1.29, 1.82) is 0 Å². The second kappa shape index (κ2) is 13.3. The largest absolute Gasteiger partial charge is 0.507 e. The molecule has 0 saturated carbocycles. The molecule has 2 fully saturated rings. The van der Waals surface area contributed by atoms with E-state index < -0.39 is 38.1 Å². The third kappa shape index (κ3) is 6.24. The molecule has 3 aromatic rings. The van der Waals surface area contributed by atoms with Crippen molar-refractivity contribution >= 4 is 64.8 Å². The van der Waals surface area contributed by atoms with Gasteiger partial charge in [0.2, 0.25) is 11.8 Å². The lowest BCUT2D eigenvalue weighted by atomic mass is 9.57. The van der Waals surface area contributed by atoms with Gasteiger partial charge in [-0.2, -0.15) is 0 Å². The van der Waals surface area contributed by atoms with Gasteiger partial charge < -0.3 is 24.8 Å². The molecule has 3 aliphatic rings. The zero-order valence-corrected chi connectivity index (χ0v) is 27.2. The maximum atomic E-state index is 14.1. The summed E-state index contributed by atoms with van der Waals surface area (Å²) in [6.07, 6.45) is 4.71. The molecule has 12 heteroatoms. The minimum atomic E-state index is -1.74. The Kier molecular flexibility index (Phi) is 9.36. The lowest BCUT2D eigenvalue weighted by molar-refractivity contribution is -0.122. The summed E-state index contributed by atoms with van der Waals surface area (Å²) in [5.74, 6) is -2.10. The Bertz CT molecular complexity index is 1710. The first-order chi connectivity index (χ1) is 22.0. The van der Waals surface area contributed by atoms with Crippen molar-refractivity contribution in [1.82, 2.24) is 4.98 Å². The summed E-state index contributed by atoms with van der Waals surface area (Å²) in [6, 6.07) is 17.1. The number of aromatic nitrogens is 1. The molecule has 236 valence electrons. The summed E-state index contributed by atoms with van der Waals surface area (Å²) in [6.45, 7) is 4.14. The molecule has 4 atom stereocenters. The van der Waals surface area contributed by atoms with Gasteiger partial charge in [-0.3, -0.25) is 19.5 Å². The lowest BCUT2D eigenvalue weighted by Gasteiger charge is -2.44. The number of pyridine rings is 1. The number of rotatable bonds is 8. The number of aromatic hydroxyl groups is 1. The Morgan fingerprint density at radius 3 is 2.63 bits per heavy atom. The van der Waals surface area contributed by atoms with E-state index in [1.807, 2.05) is 30.3 Å². The summed E-state index contributed by atoms with van der Waals surface area (Å²) in [7, 11) is -2.85. The number of fused-ring (bicyclic) bond motifs is 3. The van der Waals surface area contributed by atoms with Crippen molar-refractivity contribution in [3.8, 4) is 5.75 Å². The van der Waals surface area contributed by atoms with E-state index in [1.165, 1.54) is 17.0 Å². The maximum absolute atomic E-state index is 14.1. The van der Waals surface area contributed by atoms with Crippen LogP contribution in [0.3, 0.4) is 0 Å². The number of halogens is 1. The fraction of sp³-hybridized carbons (Fsp3) is 0.324. The number of amides is 2. The molecule has 4 N–H and O–H groups in total. The number of hydrogen-bond acceptors (Lipinski definition) is 8. The van der Waals surface area contributed by atoms with Gasteiger partial charge in [0.05, 0.1) is 29.3 Å². The molecule has 0 radical (unpaired) electrons. The number of allylic oxidation sites excluding steroid dienone is 2. The van der Waals surface area contributed by atoms with Gasteiger partial charge in [0, 0.05) is 16.2 Å². The van der Waals surface area contributed by atoms with Crippen LogP contribution in [0, 0.1) is 23.7 Å². The highest BCUT2D eigenvalue weighted by atomic mass is 79.9. The van der Waals surface area contributed by atoms with Crippen molar-refractivity contribution in [2.75, 3.05) is 4.90 Å². The smallest absolute Gasteiger partial charge is 0.488 e. The number of carbonyl (C=O) groups is 2. The van der Waals surface area contributed by atoms with Crippen LogP contribution in [0.2, 0.25) is 6.32 Å². The fourth-order valence-corrected chi connectivity index (χ4v) is 7.65. The van der Waals surface area contributed by atoms with Crippen LogP contribution < -0.4 is 10.4 Å². The molecule has 2 saturated heterocycles. The first kappa shape index (κ1) is 32.4. The van der Waals surface area contributed by atoms with Crippen LogP contribution in [-0.2, 0) is 14.2 Å². The van der Waals surface area contributed by atoms with Gasteiger partial charge in [0.1, 0.15) is 5.75 Å². The molecule has 1 aromatic heterocycles. The predicted octanol–water partition coefficient (Wildman–Crippen LogP) is 4.21. The predicted molar refractivity (Wildman–Crippen MR) is 181 cm³/mol. The minimum Gasteiger partial charge on any atom is -0.507 e. The average molecular weight is 685 g/mol. The van der Waals surface area contributed by atoms with E-state index in [1.54, 1.807) is 30.5 Å². The fourth-order valence-electron chi connectivity index (χ4n) is 7.27. The molecule has 1 aliphatic carbocycles. The molecule has 6 rings (SSSR count). The van der Waals surface area contributed by atoms with Crippen LogP contribution in [0.5, 0.6) is 5.75 Å². The van der Waals surface area contributed by atoms with E-state index in [0.29, 0.717) is 30.5 Å². The molecular formula is C34H35B2BrN2O7. The van der Waals surface area contributed by atoms with Crippen LogP contribution in [0.15, 0.2) is 82.5 Å². The van der Waals surface area contributed by atoms with E-state index in [0.717, 1.165) is 26.9 Å². The van der Waals surface area contributed by atoms with E-state index in [2.05, 4.69) is 34.8 Å². The van der Waals surface area contributed by atoms with E-state index in [9.17, 15) is 29.8 Å². The van der Waals surface area contributed by atoms with Crippen molar-refractivity contribution in [3.63, 3.8) is 0 Å². The molecule has 2 amide bonds. The van der Waals surface area contributed by atoms with Crippen molar-refractivity contribution in [3.05, 3.63) is 93.7 Å². The molecule has 0 bridgehead atoms. The molecular weight excluding hydrogens is 650 g/mol. The average Bonchev–Trinajstić information content (AvgIpc) is 3.29. The van der Waals surface area contributed by atoms with E-state index in [4.69, 9.17) is 4.65 Å². The standard InChI is InChI=1S/C34H35B2BrN2O7/c1-19(2)25-17-26-32(34(42)39(33(26)41)24-7-5-6-22(16-24)36(44)45)27-18-35(43)46-30(31(25)27)12-9-20(28-8-3-4-13-38-28)14-21-15-23(37)10-11-29(21)40/h3-8,10-11,13-16,19,26-27,30,32,40,43-45H,9,12,17-18H2,1-2H3/b20-14-/t26-,27+,30-,32-/m1/s1. The Hall–Kier alpha value is -3.54. The third-order valence-corrected chi connectivity index (χ3v) is 9.85. The molecule has 0 spiro atoms. The summed E-state index contributed by atoms with van der Waals surface area (Å²) < 4.78 is 7.03. The topological polar surface area (TPSA) is 140 Å². The third-order valence-electron chi connectivity index (χ3n) is 9.36. The first-order valence-corrected chi connectivity index (χ1v) is 16.3.